The molecule has 1 saturated heterocycles. The number of likely N-dealkylation sites (tertiary alicyclic amines) is 1. The van der Waals surface area contributed by atoms with Gasteiger partial charge in [0.25, 0.3) is 11.5 Å². The summed E-state index contributed by atoms with van der Waals surface area (Å²) in [7, 11) is 0. The maximum atomic E-state index is 12.5. The minimum Gasteiger partial charge on any atom is -0.338 e. The topological polar surface area (TPSA) is 81.8 Å². The maximum Gasteiger partial charge on any atom is 0.266 e. The number of carbonyl (C=O) groups is 1. The zero-order chi connectivity index (χ0) is 15.5. The van der Waals surface area contributed by atoms with E-state index >= 15 is 0 Å². The number of aromatic amines is 2. The Bertz CT molecular complexity index is 711. The number of pyridine rings is 1. The van der Waals surface area contributed by atoms with Gasteiger partial charge in [0.2, 0.25) is 0 Å². The lowest BCUT2D eigenvalue weighted by Gasteiger charge is -2.32. The Morgan fingerprint density at radius 3 is 3.09 bits per heavy atom. The number of rotatable bonds is 3. The van der Waals surface area contributed by atoms with Gasteiger partial charge >= 0.3 is 0 Å². The van der Waals surface area contributed by atoms with Gasteiger partial charge in [-0.05, 0) is 37.3 Å². The van der Waals surface area contributed by atoms with Crippen molar-refractivity contribution in [3.05, 3.63) is 51.2 Å². The average Bonchev–Trinajstić information content (AvgIpc) is 3.02. The van der Waals surface area contributed by atoms with E-state index in [4.69, 9.17) is 11.6 Å². The van der Waals surface area contributed by atoms with Crippen molar-refractivity contribution in [1.82, 2.24) is 20.1 Å². The van der Waals surface area contributed by atoms with Gasteiger partial charge in [-0.25, -0.2) is 0 Å². The molecule has 1 aliphatic heterocycles. The van der Waals surface area contributed by atoms with Gasteiger partial charge in [0.15, 0.2) is 0 Å². The highest BCUT2D eigenvalue weighted by Gasteiger charge is 2.25. The van der Waals surface area contributed by atoms with Crippen molar-refractivity contribution >= 4 is 17.5 Å². The van der Waals surface area contributed by atoms with Gasteiger partial charge in [0, 0.05) is 31.2 Å². The molecule has 2 aromatic heterocycles. The number of nitrogens with one attached hydrogen (secondary N) is 2. The molecular weight excluding hydrogens is 304 g/mol. The molecule has 6 nitrogen and oxygen atoms in total. The summed E-state index contributed by atoms with van der Waals surface area (Å²) in [5, 5.41) is 6.96. The van der Waals surface area contributed by atoms with E-state index < -0.39 is 0 Å². The molecular formula is C15H17ClN4O2. The Hall–Kier alpha value is -2.08. The summed E-state index contributed by atoms with van der Waals surface area (Å²) in [5.41, 5.74) is 1.13. The van der Waals surface area contributed by atoms with E-state index in [1.807, 2.05) is 11.0 Å². The van der Waals surface area contributed by atoms with E-state index in [0.29, 0.717) is 18.0 Å². The maximum absolute atomic E-state index is 12.5. The summed E-state index contributed by atoms with van der Waals surface area (Å²) in [6.07, 6.45) is 6.12. The molecule has 0 spiro atoms. The van der Waals surface area contributed by atoms with E-state index in [0.717, 1.165) is 31.5 Å². The lowest BCUT2D eigenvalue weighted by atomic mass is 9.93. The molecule has 1 aliphatic rings. The van der Waals surface area contributed by atoms with Crippen LogP contribution in [0.4, 0.5) is 0 Å². The number of H-pyrrole nitrogens is 2. The van der Waals surface area contributed by atoms with Gasteiger partial charge in [-0.15, -0.1) is 0 Å². The molecule has 2 aromatic rings. The van der Waals surface area contributed by atoms with E-state index in [2.05, 4.69) is 15.2 Å². The van der Waals surface area contributed by atoms with E-state index in [9.17, 15) is 9.59 Å². The summed E-state index contributed by atoms with van der Waals surface area (Å²) in [4.78, 5) is 28.1. The van der Waals surface area contributed by atoms with Crippen LogP contribution in [0.5, 0.6) is 0 Å². The standard InChI is InChI=1S/C15H17ClN4O2/c16-13-7-11(8-17-14(13)21)15(22)20-5-1-2-10(9-20)6-12-3-4-18-19-12/h3-4,7-8,10H,1-2,5-6,9H2,(H,17,21)(H,18,19)/t10-/m1/s1. The van der Waals surface area contributed by atoms with Crippen molar-refractivity contribution in [3.63, 3.8) is 0 Å². The number of carbonyl (C=O) groups excluding carboxylic acids is 1. The van der Waals surface area contributed by atoms with Crippen molar-refractivity contribution in [3.8, 4) is 0 Å². The number of hydrogen-bond acceptors (Lipinski definition) is 3. The predicted octanol–water partition coefficient (Wildman–Crippen LogP) is 1.85. The van der Waals surface area contributed by atoms with Crippen LogP contribution in [0.1, 0.15) is 28.9 Å². The summed E-state index contributed by atoms with van der Waals surface area (Å²) in [6.45, 7) is 1.43. The average molecular weight is 321 g/mol. The highest BCUT2D eigenvalue weighted by atomic mass is 35.5. The van der Waals surface area contributed by atoms with Gasteiger partial charge in [-0.3, -0.25) is 14.7 Å². The molecule has 0 radical (unpaired) electrons. The second kappa shape index (κ2) is 6.36. The van der Waals surface area contributed by atoms with Crippen LogP contribution in [0.25, 0.3) is 0 Å². The van der Waals surface area contributed by atoms with Gasteiger partial charge in [0.1, 0.15) is 5.02 Å². The van der Waals surface area contributed by atoms with Gasteiger partial charge < -0.3 is 9.88 Å². The molecule has 1 atom stereocenters. The first-order chi connectivity index (χ1) is 10.6. The monoisotopic (exact) mass is 320 g/mol. The lowest BCUT2D eigenvalue weighted by Crippen LogP contribution is -2.40. The van der Waals surface area contributed by atoms with Crippen LogP contribution < -0.4 is 5.56 Å². The second-order valence-electron chi connectivity index (χ2n) is 5.61. The third-order valence-corrected chi connectivity index (χ3v) is 4.26. The first kappa shape index (κ1) is 14.8. The van der Waals surface area contributed by atoms with Crippen LogP contribution in [0.2, 0.25) is 5.02 Å². The number of hydrogen-bond donors (Lipinski definition) is 2. The molecule has 3 heterocycles. The van der Waals surface area contributed by atoms with Crippen LogP contribution >= 0.6 is 11.6 Å². The van der Waals surface area contributed by atoms with Crippen LogP contribution in [0.15, 0.2) is 29.3 Å². The van der Waals surface area contributed by atoms with E-state index in [-0.39, 0.29) is 16.5 Å². The summed E-state index contributed by atoms with van der Waals surface area (Å²) in [5.74, 6) is 0.323. The van der Waals surface area contributed by atoms with E-state index in [1.54, 1.807) is 6.20 Å². The lowest BCUT2D eigenvalue weighted by molar-refractivity contribution is 0.0672. The fourth-order valence-corrected chi connectivity index (χ4v) is 3.06. The zero-order valence-corrected chi connectivity index (χ0v) is 12.8. The minimum atomic E-state index is -0.381. The van der Waals surface area contributed by atoms with Crippen LogP contribution in [0.3, 0.4) is 0 Å². The van der Waals surface area contributed by atoms with Crippen molar-refractivity contribution < 1.29 is 4.79 Å². The highest BCUT2D eigenvalue weighted by Crippen LogP contribution is 2.21. The Morgan fingerprint density at radius 1 is 1.50 bits per heavy atom. The molecule has 3 rings (SSSR count). The molecule has 0 bridgehead atoms. The Labute approximate surface area is 132 Å². The first-order valence-electron chi connectivity index (χ1n) is 7.29. The van der Waals surface area contributed by atoms with Crippen molar-refractivity contribution in [2.45, 2.75) is 19.3 Å². The van der Waals surface area contributed by atoms with Crippen LogP contribution in [-0.4, -0.2) is 39.1 Å². The first-order valence-corrected chi connectivity index (χ1v) is 7.67. The van der Waals surface area contributed by atoms with Gasteiger partial charge in [-0.2, -0.15) is 5.10 Å². The molecule has 0 saturated carbocycles. The molecule has 0 unspecified atom stereocenters. The van der Waals surface area contributed by atoms with Crippen LogP contribution in [0, 0.1) is 5.92 Å². The second-order valence-corrected chi connectivity index (χ2v) is 6.02. The van der Waals surface area contributed by atoms with Crippen molar-refractivity contribution in [2.75, 3.05) is 13.1 Å². The summed E-state index contributed by atoms with van der Waals surface area (Å²) >= 11 is 5.79. The number of piperidine rings is 1. The number of nitrogens with zero attached hydrogens (tertiary/aromatic N) is 2. The predicted molar refractivity (Wildman–Crippen MR) is 83.0 cm³/mol. The van der Waals surface area contributed by atoms with Gasteiger partial charge in [0.05, 0.1) is 5.56 Å². The highest BCUT2D eigenvalue weighted by molar-refractivity contribution is 6.30. The molecule has 2 N–H and O–H groups in total. The normalized spacial score (nSPS) is 18.4. The molecule has 1 fully saturated rings. The number of amides is 1. The number of halogens is 1. The molecule has 0 aromatic carbocycles. The summed E-state index contributed by atoms with van der Waals surface area (Å²) < 4.78 is 0. The minimum absolute atomic E-state index is 0.0388. The van der Waals surface area contributed by atoms with Crippen LogP contribution in [-0.2, 0) is 6.42 Å². The number of aromatic nitrogens is 3. The van der Waals surface area contributed by atoms with E-state index in [1.165, 1.54) is 12.3 Å². The smallest absolute Gasteiger partial charge is 0.266 e. The summed E-state index contributed by atoms with van der Waals surface area (Å²) in [6, 6.07) is 3.39. The molecule has 7 heteroatoms. The largest absolute Gasteiger partial charge is 0.338 e. The quantitative estimate of drug-likeness (QED) is 0.905. The third-order valence-electron chi connectivity index (χ3n) is 3.98. The van der Waals surface area contributed by atoms with Gasteiger partial charge in [-0.1, -0.05) is 11.6 Å². The SMILES string of the molecule is O=C(c1c[nH]c(=O)c(Cl)c1)N1CCC[C@H](Cc2ccn[nH]2)C1. The van der Waals surface area contributed by atoms with Crippen molar-refractivity contribution in [1.29, 1.82) is 0 Å². The van der Waals surface area contributed by atoms with Crippen molar-refractivity contribution in [2.24, 2.45) is 5.92 Å². The molecule has 1 amide bonds. The molecule has 22 heavy (non-hydrogen) atoms. The molecule has 0 aliphatic carbocycles. The molecule has 116 valence electrons. The third kappa shape index (κ3) is 3.22. The fourth-order valence-electron chi connectivity index (χ4n) is 2.89. The fraction of sp³-hybridized carbons (Fsp3) is 0.400. The Kier molecular flexibility index (Phi) is 4.29. The Balaban J connectivity index is 1.69. The Morgan fingerprint density at radius 2 is 2.36 bits per heavy atom. The zero-order valence-electron chi connectivity index (χ0n) is 12.0.